The standard InChI is InChI=1S/C30H27F3N6O/c1-17-3-4-19(14-34-23-11-22(30(31,32)33)12-24(13-23)39-15-18(2)35-16-39)9-26(17)21-7-8-25-27(10-21)37-38-28(25)36-29(40)20-5-6-20/h3-4,7-13,15-16,20,34H,5-6,14H2,1-2H3,(H2,36,37,38,40). The van der Waals surface area contributed by atoms with Crippen molar-refractivity contribution in [3.8, 4) is 16.8 Å². The van der Waals surface area contributed by atoms with E-state index in [0.717, 1.165) is 58.1 Å². The largest absolute Gasteiger partial charge is 0.416 e. The molecule has 1 aliphatic carbocycles. The van der Waals surface area contributed by atoms with Gasteiger partial charge in [-0.05, 0) is 85.3 Å². The number of hydrogen-bond donors (Lipinski definition) is 3. The van der Waals surface area contributed by atoms with Crippen LogP contribution in [0.15, 0.2) is 67.1 Å². The minimum atomic E-state index is -4.48. The SMILES string of the molecule is Cc1cn(-c2cc(NCc3ccc(C)c(-c4ccc5c(NC(=O)C6CC6)n[nH]c5c4)c3)cc(C(F)(F)F)c2)cn1. The van der Waals surface area contributed by atoms with Gasteiger partial charge < -0.3 is 15.2 Å². The molecule has 1 saturated carbocycles. The number of halogens is 3. The Morgan fingerprint density at radius 2 is 1.90 bits per heavy atom. The quantitative estimate of drug-likeness (QED) is 0.206. The lowest BCUT2D eigenvalue weighted by Crippen LogP contribution is -2.13. The molecule has 0 saturated heterocycles. The number of H-pyrrole nitrogens is 1. The summed E-state index contributed by atoms with van der Waals surface area (Å²) in [5.41, 5.74) is 5.46. The fourth-order valence-corrected chi connectivity index (χ4v) is 4.73. The molecule has 0 unspecified atom stereocenters. The van der Waals surface area contributed by atoms with Crippen LogP contribution in [0.4, 0.5) is 24.7 Å². The molecule has 40 heavy (non-hydrogen) atoms. The van der Waals surface area contributed by atoms with Gasteiger partial charge in [-0.25, -0.2) is 4.98 Å². The lowest BCUT2D eigenvalue weighted by molar-refractivity contribution is -0.137. The van der Waals surface area contributed by atoms with Crippen LogP contribution in [0.3, 0.4) is 0 Å². The van der Waals surface area contributed by atoms with Crippen molar-refractivity contribution in [2.75, 3.05) is 10.6 Å². The first-order valence-corrected chi connectivity index (χ1v) is 13.0. The lowest BCUT2D eigenvalue weighted by Gasteiger charge is -2.15. The molecular formula is C30H27F3N6O. The van der Waals surface area contributed by atoms with Crippen LogP contribution in [-0.2, 0) is 17.5 Å². The highest BCUT2D eigenvalue weighted by Gasteiger charge is 2.32. The molecule has 1 fully saturated rings. The number of aromatic amines is 1. The third-order valence-electron chi connectivity index (χ3n) is 7.12. The van der Waals surface area contributed by atoms with E-state index in [2.05, 4.69) is 25.8 Å². The van der Waals surface area contributed by atoms with Crippen molar-refractivity contribution in [3.63, 3.8) is 0 Å². The number of aromatic nitrogens is 4. The van der Waals surface area contributed by atoms with Crippen LogP contribution in [0, 0.1) is 19.8 Å². The molecule has 0 radical (unpaired) electrons. The van der Waals surface area contributed by atoms with Crippen LogP contribution >= 0.6 is 0 Å². The maximum Gasteiger partial charge on any atom is 0.416 e. The van der Waals surface area contributed by atoms with Crippen LogP contribution in [0.25, 0.3) is 27.7 Å². The van der Waals surface area contributed by atoms with Gasteiger partial charge in [0.1, 0.15) is 0 Å². The summed E-state index contributed by atoms with van der Waals surface area (Å²) < 4.78 is 42.5. The van der Waals surface area contributed by atoms with E-state index in [9.17, 15) is 18.0 Å². The van der Waals surface area contributed by atoms with Crippen LogP contribution in [0.2, 0.25) is 0 Å². The predicted octanol–water partition coefficient (Wildman–Crippen LogP) is 7.01. The Balaban J connectivity index is 1.24. The first-order chi connectivity index (χ1) is 19.1. The fourth-order valence-electron chi connectivity index (χ4n) is 4.73. The minimum absolute atomic E-state index is 0.00144. The Hall–Kier alpha value is -4.60. The zero-order valence-corrected chi connectivity index (χ0v) is 21.9. The molecule has 204 valence electrons. The number of carbonyl (C=O) groups excluding carboxylic acids is 1. The van der Waals surface area contributed by atoms with Crippen LogP contribution in [0.5, 0.6) is 0 Å². The maximum absolute atomic E-state index is 13.6. The van der Waals surface area contributed by atoms with Crippen molar-refractivity contribution in [1.29, 1.82) is 0 Å². The van der Waals surface area contributed by atoms with E-state index >= 15 is 0 Å². The van der Waals surface area contributed by atoms with E-state index in [-0.39, 0.29) is 11.8 Å². The molecule has 0 atom stereocenters. The first-order valence-electron chi connectivity index (χ1n) is 13.0. The summed E-state index contributed by atoms with van der Waals surface area (Å²) >= 11 is 0. The monoisotopic (exact) mass is 544 g/mol. The summed E-state index contributed by atoms with van der Waals surface area (Å²) in [5, 5.41) is 14.2. The summed E-state index contributed by atoms with van der Waals surface area (Å²) in [6.45, 7) is 4.13. The molecule has 0 spiro atoms. The van der Waals surface area contributed by atoms with E-state index < -0.39 is 11.7 Å². The predicted molar refractivity (Wildman–Crippen MR) is 148 cm³/mol. The van der Waals surface area contributed by atoms with Gasteiger partial charge in [0.25, 0.3) is 0 Å². The molecule has 0 aliphatic heterocycles. The minimum Gasteiger partial charge on any atom is -0.381 e. The average molecular weight is 545 g/mol. The Labute approximate surface area is 228 Å². The fraction of sp³-hybridized carbons (Fsp3) is 0.233. The number of anilines is 2. The number of rotatable bonds is 7. The van der Waals surface area contributed by atoms with Crippen LogP contribution < -0.4 is 10.6 Å². The molecule has 7 nitrogen and oxygen atoms in total. The van der Waals surface area contributed by atoms with E-state index in [1.807, 2.05) is 43.3 Å². The van der Waals surface area contributed by atoms with Gasteiger partial charge in [-0.1, -0.05) is 18.2 Å². The van der Waals surface area contributed by atoms with Gasteiger partial charge in [-0.3, -0.25) is 9.89 Å². The Morgan fingerprint density at radius 1 is 1.07 bits per heavy atom. The summed E-state index contributed by atoms with van der Waals surface area (Å²) in [5.74, 6) is 0.614. The number of alkyl halides is 3. The van der Waals surface area contributed by atoms with Crippen LogP contribution in [-0.4, -0.2) is 25.7 Å². The number of carbonyl (C=O) groups is 1. The van der Waals surface area contributed by atoms with E-state index in [4.69, 9.17) is 0 Å². The normalized spacial score (nSPS) is 13.5. The highest BCUT2D eigenvalue weighted by atomic mass is 19.4. The second-order valence-electron chi connectivity index (χ2n) is 10.3. The van der Waals surface area contributed by atoms with Gasteiger partial charge in [0.15, 0.2) is 5.82 Å². The van der Waals surface area contributed by atoms with Crippen molar-refractivity contribution in [2.24, 2.45) is 5.92 Å². The number of nitrogens with one attached hydrogen (secondary N) is 3. The molecule has 6 rings (SSSR count). The van der Waals surface area contributed by atoms with Crippen molar-refractivity contribution in [1.82, 2.24) is 19.7 Å². The number of aryl methyl sites for hydroxylation is 2. The van der Waals surface area contributed by atoms with Gasteiger partial charge in [0.05, 0.1) is 23.1 Å². The Kier molecular flexibility index (Phi) is 6.32. The van der Waals surface area contributed by atoms with E-state index in [0.29, 0.717) is 29.4 Å². The number of imidazole rings is 1. The number of hydrogen-bond acceptors (Lipinski definition) is 4. The highest BCUT2D eigenvalue weighted by Crippen LogP contribution is 2.35. The molecule has 5 aromatic rings. The topological polar surface area (TPSA) is 87.6 Å². The van der Waals surface area contributed by atoms with E-state index in [1.54, 1.807) is 23.8 Å². The molecule has 2 heterocycles. The molecule has 1 amide bonds. The third kappa shape index (κ3) is 5.29. The van der Waals surface area contributed by atoms with E-state index in [1.165, 1.54) is 6.33 Å². The summed E-state index contributed by atoms with van der Waals surface area (Å²) in [6.07, 6.45) is 0.544. The Bertz CT molecular complexity index is 1730. The highest BCUT2D eigenvalue weighted by molar-refractivity contribution is 6.02. The number of nitrogens with zero attached hydrogens (tertiary/aromatic N) is 3. The van der Waals surface area contributed by atoms with Crippen molar-refractivity contribution >= 4 is 28.3 Å². The van der Waals surface area contributed by atoms with Crippen molar-refractivity contribution in [3.05, 3.63) is 89.5 Å². The lowest BCUT2D eigenvalue weighted by atomic mass is 9.97. The van der Waals surface area contributed by atoms with Gasteiger partial charge in [-0.15, -0.1) is 0 Å². The molecule has 0 bridgehead atoms. The molecular weight excluding hydrogens is 517 g/mol. The molecule has 2 aromatic heterocycles. The molecule has 3 aromatic carbocycles. The second kappa shape index (κ2) is 9.86. The second-order valence-corrected chi connectivity index (χ2v) is 10.3. The molecule has 3 N–H and O–H groups in total. The van der Waals surface area contributed by atoms with Gasteiger partial charge in [0.2, 0.25) is 5.91 Å². The molecule has 1 aliphatic rings. The summed E-state index contributed by atoms with van der Waals surface area (Å²) in [4.78, 5) is 16.3. The molecule has 10 heteroatoms. The Morgan fingerprint density at radius 3 is 2.62 bits per heavy atom. The summed E-state index contributed by atoms with van der Waals surface area (Å²) in [7, 11) is 0. The zero-order chi connectivity index (χ0) is 28.0. The third-order valence-corrected chi connectivity index (χ3v) is 7.12. The maximum atomic E-state index is 13.6. The van der Waals surface area contributed by atoms with Crippen molar-refractivity contribution < 1.29 is 18.0 Å². The van der Waals surface area contributed by atoms with Gasteiger partial charge in [-0.2, -0.15) is 18.3 Å². The zero-order valence-electron chi connectivity index (χ0n) is 21.9. The smallest absolute Gasteiger partial charge is 0.381 e. The van der Waals surface area contributed by atoms with Crippen molar-refractivity contribution in [2.45, 2.75) is 39.4 Å². The summed E-state index contributed by atoms with van der Waals surface area (Å²) in [6, 6.07) is 15.8. The first kappa shape index (κ1) is 25.7. The average Bonchev–Trinajstić information content (AvgIpc) is 3.58. The number of fused-ring (bicyclic) bond motifs is 1. The number of benzene rings is 3. The van der Waals surface area contributed by atoms with Gasteiger partial charge in [0, 0.05) is 35.4 Å². The number of amides is 1. The van der Waals surface area contributed by atoms with Crippen LogP contribution in [0.1, 0.15) is 35.2 Å². The van der Waals surface area contributed by atoms with Gasteiger partial charge >= 0.3 is 6.18 Å².